The molecule has 6 heteroatoms. The van der Waals surface area contributed by atoms with Crippen LogP contribution in [0.5, 0.6) is 0 Å². The van der Waals surface area contributed by atoms with E-state index in [2.05, 4.69) is 4.90 Å². The summed E-state index contributed by atoms with van der Waals surface area (Å²) in [5.74, 6) is 0. The highest BCUT2D eigenvalue weighted by Gasteiger charge is 2.34. The van der Waals surface area contributed by atoms with Gasteiger partial charge in [-0.2, -0.15) is 0 Å². The normalized spacial score (nSPS) is 26.1. The van der Waals surface area contributed by atoms with Crippen molar-refractivity contribution in [2.45, 2.75) is 18.8 Å². The summed E-state index contributed by atoms with van der Waals surface area (Å²) in [5.41, 5.74) is 0.987. The summed E-state index contributed by atoms with van der Waals surface area (Å²) in [7, 11) is 0. The molecule has 2 heterocycles. The van der Waals surface area contributed by atoms with E-state index in [1.807, 2.05) is 30.3 Å². The molecule has 1 aromatic rings. The summed E-state index contributed by atoms with van der Waals surface area (Å²) in [5, 5.41) is 9.85. The zero-order valence-corrected chi connectivity index (χ0v) is 12.6. The number of aliphatic hydroxyl groups is 1. The average Bonchev–Trinajstić information content (AvgIpc) is 3.00. The van der Waals surface area contributed by atoms with Crippen molar-refractivity contribution in [2.75, 3.05) is 39.4 Å². The van der Waals surface area contributed by atoms with E-state index in [-0.39, 0.29) is 12.1 Å². The van der Waals surface area contributed by atoms with E-state index < -0.39 is 6.10 Å². The Balaban J connectivity index is 1.44. The number of carbonyl (C=O) groups is 1. The first kappa shape index (κ1) is 15.3. The van der Waals surface area contributed by atoms with Crippen molar-refractivity contribution in [2.24, 2.45) is 0 Å². The highest BCUT2D eigenvalue weighted by atomic mass is 16.6. The van der Waals surface area contributed by atoms with Crippen molar-refractivity contribution in [3.63, 3.8) is 0 Å². The third-order valence-corrected chi connectivity index (χ3v) is 4.27. The molecule has 2 atom stereocenters. The lowest BCUT2D eigenvalue weighted by molar-refractivity contribution is 0.0345. The summed E-state index contributed by atoms with van der Waals surface area (Å²) in [6.07, 6.45) is -0.691. The standard InChI is InChI=1S/C16H22N2O4/c19-15-12-21-11-14(15)17-6-8-18(9-7-17)16(20)22-10-13-4-2-1-3-5-13/h1-5,14-15,19H,6-12H2/t14-,15-/m1/s1. The molecule has 1 aromatic carbocycles. The molecule has 0 spiro atoms. The molecule has 0 saturated carbocycles. The van der Waals surface area contributed by atoms with E-state index >= 15 is 0 Å². The lowest BCUT2D eigenvalue weighted by Gasteiger charge is -2.37. The van der Waals surface area contributed by atoms with Gasteiger partial charge in [-0.3, -0.25) is 4.90 Å². The fourth-order valence-corrected chi connectivity index (χ4v) is 2.93. The molecule has 22 heavy (non-hydrogen) atoms. The molecule has 6 nitrogen and oxygen atoms in total. The minimum atomic E-state index is -0.420. The molecule has 1 N–H and O–H groups in total. The maximum atomic E-state index is 12.1. The number of carbonyl (C=O) groups excluding carboxylic acids is 1. The molecule has 2 aliphatic rings. The Labute approximate surface area is 130 Å². The minimum absolute atomic E-state index is 0.0579. The van der Waals surface area contributed by atoms with Crippen LogP contribution in [0.15, 0.2) is 30.3 Å². The van der Waals surface area contributed by atoms with Crippen LogP contribution in [0.4, 0.5) is 4.79 Å². The Morgan fingerprint density at radius 2 is 1.91 bits per heavy atom. The Kier molecular flexibility index (Phi) is 4.92. The quantitative estimate of drug-likeness (QED) is 0.891. The van der Waals surface area contributed by atoms with Gasteiger partial charge in [0, 0.05) is 26.2 Å². The zero-order chi connectivity index (χ0) is 15.4. The number of nitrogens with zero attached hydrogens (tertiary/aromatic N) is 2. The summed E-state index contributed by atoms with van der Waals surface area (Å²) < 4.78 is 10.6. The van der Waals surface area contributed by atoms with E-state index in [1.54, 1.807) is 4.90 Å². The van der Waals surface area contributed by atoms with Crippen molar-refractivity contribution in [3.8, 4) is 0 Å². The SMILES string of the molecule is O=C(OCc1ccccc1)N1CCN([C@@H]2COC[C@H]2O)CC1. The third-order valence-electron chi connectivity index (χ3n) is 4.27. The van der Waals surface area contributed by atoms with E-state index in [1.165, 1.54) is 0 Å². The maximum absolute atomic E-state index is 12.1. The minimum Gasteiger partial charge on any atom is -0.445 e. The number of rotatable bonds is 3. The van der Waals surface area contributed by atoms with Gasteiger partial charge in [0.1, 0.15) is 6.61 Å². The van der Waals surface area contributed by atoms with Crippen molar-refractivity contribution < 1.29 is 19.4 Å². The second-order valence-electron chi connectivity index (χ2n) is 5.74. The van der Waals surface area contributed by atoms with Gasteiger partial charge in [-0.05, 0) is 5.56 Å². The predicted octanol–water partition coefficient (Wildman–Crippen LogP) is 0.701. The number of ether oxygens (including phenoxy) is 2. The highest BCUT2D eigenvalue weighted by molar-refractivity contribution is 5.67. The molecule has 0 aromatic heterocycles. The monoisotopic (exact) mass is 306 g/mol. The second-order valence-corrected chi connectivity index (χ2v) is 5.74. The van der Waals surface area contributed by atoms with E-state index in [9.17, 15) is 9.90 Å². The molecule has 120 valence electrons. The number of piperazine rings is 1. The summed E-state index contributed by atoms with van der Waals surface area (Å²) in [6.45, 7) is 4.00. The van der Waals surface area contributed by atoms with Crippen LogP contribution in [0.3, 0.4) is 0 Å². The van der Waals surface area contributed by atoms with Gasteiger partial charge in [0.25, 0.3) is 0 Å². The van der Waals surface area contributed by atoms with Crippen LogP contribution in [0.1, 0.15) is 5.56 Å². The van der Waals surface area contributed by atoms with Gasteiger partial charge in [-0.25, -0.2) is 4.79 Å². The van der Waals surface area contributed by atoms with Crippen LogP contribution < -0.4 is 0 Å². The molecule has 2 aliphatic heterocycles. The predicted molar refractivity (Wildman–Crippen MR) is 80.4 cm³/mol. The van der Waals surface area contributed by atoms with Gasteiger partial charge < -0.3 is 19.5 Å². The third kappa shape index (κ3) is 3.58. The molecule has 2 saturated heterocycles. The van der Waals surface area contributed by atoms with Gasteiger partial charge in [0.05, 0.1) is 25.4 Å². The van der Waals surface area contributed by atoms with Crippen LogP contribution >= 0.6 is 0 Å². The number of amides is 1. The Morgan fingerprint density at radius 1 is 1.18 bits per heavy atom. The van der Waals surface area contributed by atoms with E-state index in [0.29, 0.717) is 32.9 Å². The first-order chi connectivity index (χ1) is 10.7. The van der Waals surface area contributed by atoms with Crippen LogP contribution in [-0.4, -0.2) is 72.5 Å². The van der Waals surface area contributed by atoms with Gasteiger partial charge in [0.2, 0.25) is 0 Å². The maximum Gasteiger partial charge on any atom is 0.410 e. The lowest BCUT2D eigenvalue weighted by atomic mass is 10.1. The number of hydrogen-bond acceptors (Lipinski definition) is 5. The van der Waals surface area contributed by atoms with Gasteiger partial charge >= 0.3 is 6.09 Å². The molecule has 3 rings (SSSR count). The highest BCUT2D eigenvalue weighted by Crippen LogP contribution is 2.16. The van der Waals surface area contributed by atoms with Gasteiger partial charge in [0.15, 0.2) is 0 Å². The lowest BCUT2D eigenvalue weighted by Crippen LogP contribution is -2.54. The molecule has 2 fully saturated rings. The fourth-order valence-electron chi connectivity index (χ4n) is 2.93. The smallest absolute Gasteiger partial charge is 0.410 e. The van der Waals surface area contributed by atoms with Gasteiger partial charge in [-0.1, -0.05) is 30.3 Å². The molecule has 0 aliphatic carbocycles. The summed E-state index contributed by atoms with van der Waals surface area (Å²) in [6, 6.07) is 9.72. The molecule has 0 bridgehead atoms. The number of aliphatic hydroxyl groups excluding tert-OH is 1. The van der Waals surface area contributed by atoms with Crippen LogP contribution in [0.25, 0.3) is 0 Å². The Morgan fingerprint density at radius 3 is 2.55 bits per heavy atom. The van der Waals surface area contributed by atoms with Crippen molar-refractivity contribution in [1.82, 2.24) is 9.80 Å². The van der Waals surface area contributed by atoms with Crippen molar-refractivity contribution in [3.05, 3.63) is 35.9 Å². The molecule has 0 unspecified atom stereocenters. The molecule has 0 radical (unpaired) electrons. The molecular weight excluding hydrogens is 284 g/mol. The topological polar surface area (TPSA) is 62.2 Å². The van der Waals surface area contributed by atoms with E-state index in [0.717, 1.165) is 18.7 Å². The first-order valence-electron chi connectivity index (χ1n) is 7.69. The molecule has 1 amide bonds. The Bertz CT molecular complexity index is 488. The van der Waals surface area contributed by atoms with Crippen molar-refractivity contribution >= 4 is 6.09 Å². The van der Waals surface area contributed by atoms with Gasteiger partial charge in [-0.15, -0.1) is 0 Å². The van der Waals surface area contributed by atoms with Crippen molar-refractivity contribution in [1.29, 1.82) is 0 Å². The summed E-state index contributed by atoms with van der Waals surface area (Å²) in [4.78, 5) is 16.0. The average molecular weight is 306 g/mol. The van der Waals surface area contributed by atoms with Crippen LogP contribution in [-0.2, 0) is 16.1 Å². The first-order valence-corrected chi connectivity index (χ1v) is 7.69. The summed E-state index contributed by atoms with van der Waals surface area (Å²) >= 11 is 0. The largest absolute Gasteiger partial charge is 0.445 e. The molecular formula is C16H22N2O4. The zero-order valence-electron chi connectivity index (χ0n) is 12.6. The fraction of sp³-hybridized carbons (Fsp3) is 0.562. The van der Waals surface area contributed by atoms with E-state index in [4.69, 9.17) is 9.47 Å². The Hall–Kier alpha value is -1.63. The van der Waals surface area contributed by atoms with Crippen LogP contribution in [0, 0.1) is 0 Å². The number of hydrogen-bond donors (Lipinski definition) is 1. The number of benzene rings is 1. The van der Waals surface area contributed by atoms with Crippen LogP contribution in [0.2, 0.25) is 0 Å². The second kappa shape index (κ2) is 7.09.